The molecule has 1 aliphatic rings. The van der Waals surface area contributed by atoms with Crippen LogP contribution in [0, 0.1) is 0 Å². The summed E-state index contributed by atoms with van der Waals surface area (Å²) in [5.74, 6) is -0.367. The van der Waals surface area contributed by atoms with Crippen LogP contribution in [0.15, 0.2) is 30.0 Å². The molecule has 0 saturated carbocycles. The van der Waals surface area contributed by atoms with E-state index in [0.717, 1.165) is 16.8 Å². The molecule has 5 nitrogen and oxygen atoms in total. The quantitative estimate of drug-likeness (QED) is 0.779. The summed E-state index contributed by atoms with van der Waals surface area (Å²) < 4.78 is 9.54. The molecule has 0 N–H and O–H groups in total. The Morgan fingerprint density at radius 1 is 1.20 bits per heavy atom. The molecule has 106 valence electrons. The summed E-state index contributed by atoms with van der Waals surface area (Å²) in [6, 6.07) is 7.26. The molecule has 0 fully saturated rings. The molecule has 1 unspecified atom stereocenters. The van der Waals surface area contributed by atoms with Crippen molar-refractivity contribution in [1.82, 2.24) is 4.90 Å². The highest BCUT2D eigenvalue weighted by Gasteiger charge is 2.33. The van der Waals surface area contributed by atoms with Crippen molar-refractivity contribution in [2.24, 2.45) is 0 Å². The molecule has 1 amide bonds. The molecule has 1 heterocycles. The third-order valence-corrected chi connectivity index (χ3v) is 3.37. The monoisotopic (exact) mass is 275 g/mol. The lowest BCUT2D eigenvalue weighted by Crippen LogP contribution is -2.36. The van der Waals surface area contributed by atoms with Crippen molar-refractivity contribution in [1.29, 1.82) is 0 Å². The minimum absolute atomic E-state index is 0.0911. The maximum absolute atomic E-state index is 12.0. The maximum atomic E-state index is 12.0. The average molecular weight is 275 g/mol. The van der Waals surface area contributed by atoms with Gasteiger partial charge in [0, 0.05) is 5.70 Å². The molecule has 0 aromatic heterocycles. The van der Waals surface area contributed by atoms with Crippen LogP contribution in [0.2, 0.25) is 0 Å². The number of ether oxygens (including phenoxy) is 2. The Kier molecular flexibility index (Phi) is 4.08. The molecule has 0 saturated heterocycles. The number of hydrogen-bond donors (Lipinski definition) is 0. The molecule has 1 aliphatic heterocycles. The Bertz CT molecular complexity index is 565. The van der Waals surface area contributed by atoms with E-state index in [-0.39, 0.29) is 12.4 Å². The summed E-state index contributed by atoms with van der Waals surface area (Å²) >= 11 is 0. The molecule has 0 spiro atoms. The van der Waals surface area contributed by atoms with Crippen molar-refractivity contribution in [3.8, 4) is 0 Å². The smallest absolute Gasteiger partial charge is 0.414 e. The lowest BCUT2D eigenvalue weighted by molar-refractivity contribution is -0.141. The van der Waals surface area contributed by atoms with Crippen LogP contribution in [0.4, 0.5) is 4.79 Å². The molecular formula is C15H17NO4. The SMILES string of the molecule is COC(=O)CC1c2ccccc2C=C(C)N1C(=O)OC. The molecule has 20 heavy (non-hydrogen) atoms. The first-order valence-electron chi connectivity index (χ1n) is 6.29. The zero-order valence-electron chi connectivity index (χ0n) is 11.8. The summed E-state index contributed by atoms with van der Waals surface area (Å²) in [5.41, 5.74) is 2.65. The fourth-order valence-corrected chi connectivity index (χ4v) is 2.44. The van der Waals surface area contributed by atoms with E-state index >= 15 is 0 Å². The van der Waals surface area contributed by atoms with Crippen LogP contribution in [0.5, 0.6) is 0 Å². The first-order chi connectivity index (χ1) is 9.58. The van der Waals surface area contributed by atoms with Gasteiger partial charge in [0.15, 0.2) is 0 Å². The second-order valence-corrected chi connectivity index (χ2v) is 4.55. The standard InChI is InChI=1S/C15H17NO4/c1-10-8-11-6-4-5-7-12(11)13(9-14(17)19-2)16(10)15(18)20-3/h4-8,13H,9H2,1-3H3. The van der Waals surface area contributed by atoms with E-state index in [0.29, 0.717) is 0 Å². The van der Waals surface area contributed by atoms with Gasteiger partial charge in [-0.25, -0.2) is 4.79 Å². The fourth-order valence-electron chi connectivity index (χ4n) is 2.44. The average Bonchev–Trinajstić information content (AvgIpc) is 2.46. The molecule has 1 aromatic carbocycles. The van der Waals surface area contributed by atoms with Crippen molar-refractivity contribution >= 4 is 18.1 Å². The van der Waals surface area contributed by atoms with Crippen molar-refractivity contribution in [2.75, 3.05) is 14.2 Å². The topological polar surface area (TPSA) is 55.8 Å². The number of methoxy groups -OCH3 is 2. The van der Waals surface area contributed by atoms with Crippen LogP contribution in [0.1, 0.15) is 30.5 Å². The van der Waals surface area contributed by atoms with Gasteiger partial charge in [-0.15, -0.1) is 0 Å². The number of fused-ring (bicyclic) bond motifs is 1. The lowest BCUT2D eigenvalue weighted by Gasteiger charge is -2.35. The normalized spacial score (nSPS) is 17.1. The Morgan fingerprint density at radius 3 is 2.55 bits per heavy atom. The van der Waals surface area contributed by atoms with Gasteiger partial charge in [0.1, 0.15) is 0 Å². The van der Waals surface area contributed by atoms with Gasteiger partial charge in [-0.2, -0.15) is 0 Å². The third kappa shape index (κ3) is 2.52. The Balaban J connectivity index is 2.47. The minimum Gasteiger partial charge on any atom is -0.469 e. The number of nitrogens with zero attached hydrogens (tertiary/aromatic N) is 1. The molecule has 0 radical (unpaired) electrons. The fraction of sp³-hybridized carbons (Fsp3) is 0.333. The van der Waals surface area contributed by atoms with Crippen LogP contribution in [-0.4, -0.2) is 31.2 Å². The highest BCUT2D eigenvalue weighted by Crippen LogP contribution is 2.36. The number of carbonyl (C=O) groups excluding carboxylic acids is 2. The zero-order chi connectivity index (χ0) is 14.7. The van der Waals surface area contributed by atoms with E-state index in [4.69, 9.17) is 9.47 Å². The van der Waals surface area contributed by atoms with Gasteiger partial charge >= 0.3 is 12.1 Å². The van der Waals surface area contributed by atoms with Gasteiger partial charge in [-0.05, 0) is 24.1 Å². The highest BCUT2D eigenvalue weighted by atomic mass is 16.5. The minimum atomic E-state index is -0.484. The van der Waals surface area contributed by atoms with E-state index in [1.807, 2.05) is 37.3 Å². The van der Waals surface area contributed by atoms with Crippen LogP contribution in [-0.2, 0) is 14.3 Å². The van der Waals surface area contributed by atoms with Crippen molar-refractivity contribution in [2.45, 2.75) is 19.4 Å². The predicted molar refractivity (Wildman–Crippen MR) is 73.7 cm³/mol. The number of hydrogen-bond acceptors (Lipinski definition) is 4. The van der Waals surface area contributed by atoms with E-state index < -0.39 is 12.1 Å². The molecular weight excluding hydrogens is 258 g/mol. The zero-order valence-corrected chi connectivity index (χ0v) is 11.8. The number of allylic oxidation sites excluding steroid dienone is 1. The van der Waals surface area contributed by atoms with Crippen molar-refractivity contribution in [3.05, 3.63) is 41.1 Å². The number of rotatable bonds is 2. The summed E-state index contributed by atoms with van der Waals surface area (Å²) in [4.78, 5) is 25.1. The number of esters is 1. The van der Waals surface area contributed by atoms with Crippen molar-refractivity contribution in [3.63, 3.8) is 0 Å². The summed E-state index contributed by atoms with van der Waals surface area (Å²) in [6.45, 7) is 1.82. The number of carbonyl (C=O) groups is 2. The third-order valence-electron chi connectivity index (χ3n) is 3.37. The van der Waals surface area contributed by atoms with E-state index in [9.17, 15) is 9.59 Å². The summed E-state index contributed by atoms with van der Waals surface area (Å²) in [6.07, 6.45) is 1.51. The van der Waals surface area contributed by atoms with Gasteiger partial charge in [0.05, 0.1) is 26.7 Å². The van der Waals surface area contributed by atoms with E-state index in [1.165, 1.54) is 19.1 Å². The van der Waals surface area contributed by atoms with Crippen molar-refractivity contribution < 1.29 is 19.1 Å². The molecule has 1 atom stereocenters. The van der Waals surface area contributed by atoms with Gasteiger partial charge in [-0.3, -0.25) is 9.69 Å². The predicted octanol–water partition coefficient (Wildman–Crippen LogP) is 2.73. The number of benzene rings is 1. The van der Waals surface area contributed by atoms with Crippen LogP contribution < -0.4 is 0 Å². The van der Waals surface area contributed by atoms with Crippen LogP contribution in [0.3, 0.4) is 0 Å². The van der Waals surface area contributed by atoms with Crippen LogP contribution in [0.25, 0.3) is 6.08 Å². The Morgan fingerprint density at radius 2 is 1.90 bits per heavy atom. The maximum Gasteiger partial charge on any atom is 0.414 e. The molecule has 0 bridgehead atoms. The molecule has 2 rings (SSSR count). The molecule has 0 aliphatic carbocycles. The van der Waals surface area contributed by atoms with Gasteiger partial charge in [-0.1, -0.05) is 24.3 Å². The first-order valence-corrected chi connectivity index (χ1v) is 6.29. The summed E-state index contributed by atoms with van der Waals surface area (Å²) in [7, 11) is 2.66. The Hall–Kier alpha value is -2.30. The Labute approximate surface area is 117 Å². The van der Waals surface area contributed by atoms with Gasteiger partial charge < -0.3 is 9.47 Å². The lowest BCUT2D eigenvalue weighted by atomic mass is 9.92. The second-order valence-electron chi connectivity index (χ2n) is 4.55. The summed E-state index contributed by atoms with van der Waals surface area (Å²) in [5, 5.41) is 0. The van der Waals surface area contributed by atoms with Gasteiger partial charge in [0.25, 0.3) is 0 Å². The largest absolute Gasteiger partial charge is 0.469 e. The van der Waals surface area contributed by atoms with Gasteiger partial charge in [0.2, 0.25) is 0 Å². The van der Waals surface area contributed by atoms with E-state index in [1.54, 1.807) is 0 Å². The first kappa shape index (κ1) is 14.1. The number of amides is 1. The highest BCUT2D eigenvalue weighted by molar-refractivity contribution is 5.78. The molecule has 1 aromatic rings. The van der Waals surface area contributed by atoms with Crippen LogP contribution >= 0.6 is 0 Å². The second kappa shape index (κ2) is 5.77. The van der Waals surface area contributed by atoms with E-state index in [2.05, 4.69) is 0 Å². The molecule has 5 heteroatoms.